The zero-order valence-electron chi connectivity index (χ0n) is 22.7. The van der Waals surface area contributed by atoms with E-state index in [4.69, 9.17) is 14.2 Å². The van der Waals surface area contributed by atoms with Gasteiger partial charge in [-0.15, -0.1) is 0 Å². The molecule has 5 aromatic rings. The average Bonchev–Trinajstić information content (AvgIpc) is 3.31. The summed E-state index contributed by atoms with van der Waals surface area (Å²) < 4.78 is 18.9. The van der Waals surface area contributed by atoms with Crippen LogP contribution in [-0.2, 0) is 22.7 Å². The summed E-state index contributed by atoms with van der Waals surface area (Å²) in [5.41, 5.74) is 3.76. The van der Waals surface area contributed by atoms with E-state index in [1.807, 2.05) is 78.9 Å². The van der Waals surface area contributed by atoms with Gasteiger partial charge in [-0.25, -0.2) is 9.78 Å². The van der Waals surface area contributed by atoms with Crippen molar-refractivity contribution in [2.75, 3.05) is 7.11 Å². The molecule has 0 N–H and O–H groups in total. The number of benzene rings is 3. The summed E-state index contributed by atoms with van der Waals surface area (Å²) >= 11 is 0. The van der Waals surface area contributed by atoms with E-state index in [1.54, 1.807) is 37.8 Å². The van der Waals surface area contributed by atoms with E-state index in [-0.39, 0.29) is 24.3 Å². The van der Waals surface area contributed by atoms with Crippen molar-refractivity contribution in [1.82, 2.24) is 9.55 Å². The maximum Gasteiger partial charge on any atom is 0.357 e. The molecule has 0 aliphatic heterocycles. The van der Waals surface area contributed by atoms with Crippen LogP contribution in [0.5, 0.6) is 5.75 Å². The summed E-state index contributed by atoms with van der Waals surface area (Å²) in [5, 5.41) is 1.36. The molecule has 40 heavy (non-hydrogen) atoms. The Labute approximate surface area is 232 Å². The lowest BCUT2D eigenvalue weighted by Gasteiger charge is -2.13. The highest BCUT2D eigenvalue weighted by molar-refractivity contribution is 6.19. The second kappa shape index (κ2) is 12.0. The van der Waals surface area contributed by atoms with Gasteiger partial charge >= 0.3 is 5.97 Å². The Morgan fingerprint density at radius 2 is 1.60 bits per heavy atom. The van der Waals surface area contributed by atoms with Crippen molar-refractivity contribution in [3.8, 4) is 5.75 Å². The van der Waals surface area contributed by atoms with Gasteiger partial charge in [0.1, 0.15) is 12.4 Å². The van der Waals surface area contributed by atoms with Gasteiger partial charge in [0.25, 0.3) is 5.91 Å². The Bertz CT molecular complexity index is 1690. The van der Waals surface area contributed by atoms with E-state index in [2.05, 4.69) is 4.98 Å². The van der Waals surface area contributed by atoms with Gasteiger partial charge in [0.15, 0.2) is 5.69 Å². The van der Waals surface area contributed by atoms with Crippen molar-refractivity contribution in [3.05, 3.63) is 114 Å². The van der Waals surface area contributed by atoms with Crippen molar-refractivity contribution in [2.24, 2.45) is 0 Å². The molecule has 7 heteroatoms. The van der Waals surface area contributed by atoms with Crippen LogP contribution in [0.3, 0.4) is 0 Å². The molecule has 3 aromatic carbocycles. The molecule has 0 saturated heterocycles. The number of pyridine rings is 1. The number of allylic oxidation sites excluding steroid dienone is 1. The fourth-order valence-corrected chi connectivity index (χ4v) is 4.71. The van der Waals surface area contributed by atoms with Crippen LogP contribution in [0.25, 0.3) is 27.9 Å². The fraction of sp³-hybridized carbons (Fsp3) is 0.182. The van der Waals surface area contributed by atoms with Crippen molar-refractivity contribution < 1.29 is 23.8 Å². The van der Waals surface area contributed by atoms with Gasteiger partial charge in [0, 0.05) is 24.1 Å². The molecule has 2 aromatic heterocycles. The molecule has 0 fully saturated rings. The Kier molecular flexibility index (Phi) is 8.03. The molecule has 0 radical (unpaired) electrons. The lowest BCUT2D eigenvalue weighted by atomic mass is 10.0. The molecule has 0 amide bonds. The minimum Gasteiger partial charge on any atom is -0.488 e. The van der Waals surface area contributed by atoms with Crippen LogP contribution in [0.1, 0.15) is 45.8 Å². The second-order valence-electron chi connectivity index (χ2n) is 9.57. The van der Waals surface area contributed by atoms with Gasteiger partial charge in [-0.05, 0) is 43.2 Å². The van der Waals surface area contributed by atoms with Crippen LogP contribution in [-0.4, -0.2) is 34.6 Å². The number of fused-ring (bicyclic) bond motifs is 3. The minimum absolute atomic E-state index is 0.0903. The zero-order valence-corrected chi connectivity index (χ0v) is 22.7. The van der Waals surface area contributed by atoms with Crippen molar-refractivity contribution in [1.29, 1.82) is 0 Å². The number of carbonyl (C=O) groups is 2. The maximum atomic E-state index is 13.7. The van der Waals surface area contributed by atoms with E-state index in [1.165, 1.54) is 6.08 Å². The number of methoxy groups -OCH3 is 1. The number of carbonyl (C=O) groups excluding carboxylic acids is 2. The molecule has 0 unspecified atom stereocenters. The first-order chi connectivity index (χ1) is 19.5. The first-order valence-electron chi connectivity index (χ1n) is 13.1. The molecule has 2 heterocycles. The van der Waals surface area contributed by atoms with Crippen molar-refractivity contribution >= 4 is 39.8 Å². The molecular weight excluding hydrogens is 504 g/mol. The number of ether oxygens (including phenoxy) is 3. The van der Waals surface area contributed by atoms with E-state index in [0.717, 1.165) is 11.1 Å². The molecule has 5 rings (SSSR count). The third kappa shape index (κ3) is 5.51. The summed E-state index contributed by atoms with van der Waals surface area (Å²) in [6, 6.07) is 25.0. The quantitative estimate of drug-likeness (QED) is 0.152. The number of hydrogen-bond donors (Lipinski definition) is 0. The number of aromatic nitrogens is 2. The molecular formula is C33H30N2O5. The van der Waals surface area contributed by atoms with Crippen LogP contribution in [0.2, 0.25) is 0 Å². The van der Waals surface area contributed by atoms with E-state index < -0.39 is 5.97 Å². The Hall–Kier alpha value is -4.75. The Morgan fingerprint density at radius 3 is 2.30 bits per heavy atom. The molecule has 0 atom stereocenters. The second-order valence-corrected chi connectivity index (χ2v) is 9.57. The average molecular weight is 535 g/mol. The summed E-state index contributed by atoms with van der Waals surface area (Å²) in [6.45, 7) is 3.99. The Balaban J connectivity index is 1.73. The minimum atomic E-state index is -0.553. The molecule has 202 valence electrons. The summed E-state index contributed by atoms with van der Waals surface area (Å²) in [6.07, 6.45) is 4.52. The zero-order chi connectivity index (χ0) is 28.1. The Morgan fingerprint density at radius 1 is 0.875 bits per heavy atom. The molecule has 0 aliphatic rings. The summed E-state index contributed by atoms with van der Waals surface area (Å²) in [7, 11) is 1.55. The standard InChI is InChI=1S/C33H30N2O5/c1-22(2)40-33(37)32-25(21-38-3)30-27(19-34-32)35(29(36)18-17-23-11-6-4-7-12-23)26-15-10-16-28(31(26)30)39-20-24-13-8-5-9-14-24/h4-19,22H,20-21H2,1-3H3. The van der Waals surface area contributed by atoms with Crippen molar-refractivity contribution in [2.45, 2.75) is 33.2 Å². The number of esters is 1. The van der Waals surface area contributed by atoms with Crippen LogP contribution >= 0.6 is 0 Å². The van der Waals surface area contributed by atoms with E-state index in [9.17, 15) is 9.59 Å². The SMILES string of the molecule is COCc1c(C(=O)OC(C)C)ncc2c1c1c(OCc3ccccc3)cccc1n2C(=O)C=Cc1ccccc1. The first kappa shape index (κ1) is 26.8. The van der Waals surface area contributed by atoms with Gasteiger partial charge in [0.2, 0.25) is 0 Å². The van der Waals surface area contributed by atoms with Crippen LogP contribution in [0, 0.1) is 0 Å². The molecule has 0 saturated carbocycles. The number of rotatable bonds is 9. The normalized spacial score (nSPS) is 11.5. The summed E-state index contributed by atoms with van der Waals surface area (Å²) in [4.78, 5) is 31.3. The van der Waals surface area contributed by atoms with Gasteiger partial charge < -0.3 is 14.2 Å². The largest absolute Gasteiger partial charge is 0.488 e. The van der Waals surface area contributed by atoms with Crippen molar-refractivity contribution in [3.63, 3.8) is 0 Å². The van der Waals surface area contributed by atoms with E-state index in [0.29, 0.717) is 39.7 Å². The third-order valence-corrected chi connectivity index (χ3v) is 6.40. The summed E-state index contributed by atoms with van der Waals surface area (Å²) in [5.74, 6) is -0.230. The molecule has 0 spiro atoms. The highest BCUT2D eigenvalue weighted by Gasteiger charge is 2.26. The van der Waals surface area contributed by atoms with Gasteiger partial charge in [-0.2, -0.15) is 0 Å². The first-order valence-corrected chi connectivity index (χ1v) is 13.1. The monoisotopic (exact) mass is 534 g/mol. The predicted molar refractivity (Wildman–Crippen MR) is 155 cm³/mol. The van der Waals surface area contributed by atoms with Gasteiger partial charge in [0.05, 0.1) is 35.3 Å². The third-order valence-electron chi connectivity index (χ3n) is 6.40. The number of nitrogens with zero attached hydrogens (tertiary/aromatic N) is 2. The van der Waals surface area contributed by atoms with E-state index >= 15 is 0 Å². The van der Waals surface area contributed by atoms with Crippen LogP contribution < -0.4 is 4.74 Å². The number of hydrogen-bond acceptors (Lipinski definition) is 6. The van der Waals surface area contributed by atoms with Gasteiger partial charge in [-0.1, -0.05) is 66.7 Å². The predicted octanol–water partition coefficient (Wildman–Crippen LogP) is 6.83. The topological polar surface area (TPSA) is 79.7 Å². The molecule has 0 bridgehead atoms. The maximum absolute atomic E-state index is 13.7. The highest BCUT2D eigenvalue weighted by atomic mass is 16.5. The van der Waals surface area contributed by atoms with Crippen LogP contribution in [0.15, 0.2) is 91.1 Å². The van der Waals surface area contributed by atoms with Gasteiger partial charge in [-0.3, -0.25) is 9.36 Å². The fourth-order valence-electron chi connectivity index (χ4n) is 4.71. The highest BCUT2D eigenvalue weighted by Crippen LogP contribution is 2.39. The molecule has 0 aliphatic carbocycles. The van der Waals surface area contributed by atoms with Crippen LogP contribution in [0.4, 0.5) is 0 Å². The molecule has 7 nitrogen and oxygen atoms in total. The lowest BCUT2D eigenvalue weighted by Crippen LogP contribution is -2.16. The smallest absolute Gasteiger partial charge is 0.357 e. The lowest BCUT2D eigenvalue weighted by molar-refractivity contribution is 0.0366.